The highest BCUT2D eigenvalue weighted by Gasteiger charge is 2.24. The molecule has 1 saturated heterocycles. The van der Waals surface area contributed by atoms with Gasteiger partial charge in [-0.1, -0.05) is 0 Å². The Hall–Kier alpha value is -2.34. The van der Waals surface area contributed by atoms with E-state index >= 15 is 0 Å². The first kappa shape index (κ1) is 15.2. The third-order valence-corrected chi connectivity index (χ3v) is 4.70. The maximum atomic E-state index is 6.17. The summed E-state index contributed by atoms with van der Waals surface area (Å²) >= 11 is 0. The second kappa shape index (κ2) is 5.94. The van der Waals surface area contributed by atoms with Crippen molar-refractivity contribution in [3.05, 3.63) is 47.2 Å². The van der Waals surface area contributed by atoms with Gasteiger partial charge in [0.2, 0.25) is 0 Å². The molecule has 0 amide bonds. The summed E-state index contributed by atoms with van der Waals surface area (Å²) in [7, 11) is 0. The lowest BCUT2D eigenvalue weighted by atomic mass is 9.94. The summed E-state index contributed by atoms with van der Waals surface area (Å²) in [6.45, 7) is 6.88. The summed E-state index contributed by atoms with van der Waals surface area (Å²) in [5.74, 6) is 3.05. The fourth-order valence-electron chi connectivity index (χ4n) is 3.57. The molecule has 2 N–H and O–H groups in total. The lowest BCUT2D eigenvalue weighted by Crippen LogP contribution is -2.34. The van der Waals surface area contributed by atoms with Gasteiger partial charge in [-0.05, 0) is 45.4 Å². The Morgan fingerprint density at radius 2 is 2.17 bits per heavy atom. The molecule has 4 rings (SSSR count). The molecule has 1 fully saturated rings. The van der Waals surface area contributed by atoms with Gasteiger partial charge >= 0.3 is 0 Å². The predicted octanol–water partition coefficient (Wildman–Crippen LogP) is 2.90. The number of piperidine rings is 1. The first-order chi connectivity index (χ1) is 11.6. The number of fused-ring (bicyclic) bond motifs is 1. The Morgan fingerprint density at radius 1 is 1.29 bits per heavy atom. The van der Waals surface area contributed by atoms with E-state index in [9.17, 15) is 0 Å². The van der Waals surface area contributed by atoms with E-state index in [1.807, 2.05) is 32.0 Å². The van der Waals surface area contributed by atoms with Crippen molar-refractivity contribution in [2.24, 2.45) is 0 Å². The van der Waals surface area contributed by atoms with Crippen LogP contribution in [0, 0.1) is 13.8 Å². The predicted molar refractivity (Wildman–Crippen MR) is 92.8 cm³/mol. The van der Waals surface area contributed by atoms with Crippen LogP contribution in [0.4, 0.5) is 5.82 Å². The standard InChI is InChI=1S/C18H23N5O/c1-12-8-18-20-16(9-17(19)23(18)21-12)14-4-3-7-22(10-14)11-15-6-5-13(2)24-15/h5-6,8-9,14H,3-4,7,10-11,19H2,1-2H3. The molecule has 0 radical (unpaired) electrons. The van der Waals surface area contributed by atoms with Crippen LogP contribution in [0.15, 0.2) is 28.7 Å². The van der Waals surface area contributed by atoms with Crippen LogP contribution in [-0.4, -0.2) is 32.6 Å². The molecule has 0 bridgehead atoms. The summed E-state index contributed by atoms with van der Waals surface area (Å²) < 4.78 is 7.43. The van der Waals surface area contributed by atoms with Crippen LogP contribution in [0.25, 0.3) is 5.65 Å². The maximum Gasteiger partial charge on any atom is 0.157 e. The van der Waals surface area contributed by atoms with Gasteiger partial charge in [0.05, 0.1) is 17.9 Å². The highest BCUT2D eigenvalue weighted by atomic mass is 16.3. The fraction of sp³-hybridized carbons (Fsp3) is 0.444. The van der Waals surface area contributed by atoms with Crippen molar-refractivity contribution in [2.45, 2.75) is 39.2 Å². The summed E-state index contributed by atoms with van der Waals surface area (Å²) in [6, 6.07) is 8.04. The molecule has 1 aliphatic heterocycles. The van der Waals surface area contributed by atoms with Gasteiger partial charge in [0.25, 0.3) is 0 Å². The number of nitrogens with zero attached hydrogens (tertiary/aromatic N) is 4. The Labute approximate surface area is 141 Å². The van der Waals surface area contributed by atoms with E-state index in [0.29, 0.717) is 11.7 Å². The van der Waals surface area contributed by atoms with Gasteiger partial charge < -0.3 is 10.2 Å². The van der Waals surface area contributed by atoms with Crippen molar-refractivity contribution in [3.8, 4) is 0 Å². The molecule has 0 aliphatic carbocycles. The molecule has 0 aromatic carbocycles. The third kappa shape index (κ3) is 2.89. The molecule has 1 unspecified atom stereocenters. The topological polar surface area (TPSA) is 72.6 Å². The van der Waals surface area contributed by atoms with Gasteiger partial charge in [-0.2, -0.15) is 9.61 Å². The Morgan fingerprint density at radius 3 is 2.96 bits per heavy atom. The molecule has 3 aromatic rings. The largest absolute Gasteiger partial charge is 0.465 e. The number of hydrogen-bond acceptors (Lipinski definition) is 5. The first-order valence-corrected chi connectivity index (χ1v) is 8.49. The third-order valence-electron chi connectivity index (χ3n) is 4.70. The zero-order chi connectivity index (χ0) is 16.7. The molecule has 3 aromatic heterocycles. The minimum Gasteiger partial charge on any atom is -0.465 e. The number of furan rings is 1. The van der Waals surface area contributed by atoms with Crippen molar-refractivity contribution >= 4 is 11.5 Å². The Balaban J connectivity index is 1.55. The molecular weight excluding hydrogens is 302 g/mol. The first-order valence-electron chi connectivity index (χ1n) is 8.49. The second-order valence-corrected chi connectivity index (χ2v) is 6.75. The molecule has 4 heterocycles. The number of nitrogens with two attached hydrogens (primary N) is 1. The maximum absolute atomic E-state index is 6.17. The summed E-state index contributed by atoms with van der Waals surface area (Å²) in [6.07, 6.45) is 2.30. The highest BCUT2D eigenvalue weighted by Crippen LogP contribution is 2.28. The number of aryl methyl sites for hydroxylation is 2. The van der Waals surface area contributed by atoms with Crippen LogP contribution < -0.4 is 5.73 Å². The summed E-state index contributed by atoms with van der Waals surface area (Å²) in [5.41, 5.74) is 9.01. The average molecular weight is 325 g/mol. The van der Waals surface area contributed by atoms with Gasteiger partial charge in [-0.3, -0.25) is 4.90 Å². The van der Waals surface area contributed by atoms with E-state index in [2.05, 4.69) is 16.1 Å². The number of anilines is 1. The van der Waals surface area contributed by atoms with E-state index in [1.165, 1.54) is 0 Å². The van der Waals surface area contributed by atoms with E-state index < -0.39 is 0 Å². The smallest absolute Gasteiger partial charge is 0.157 e. The molecule has 6 nitrogen and oxygen atoms in total. The second-order valence-electron chi connectivity index (χ2n) is 6.75. The van der Waals surface area contributed by atoms with Crippen LogP contribution in [0.1, 0.15) is 41.7 Å². The van der Waals surface area contributed by atoms with E-state index in [1.54, 1.807) is 4.52 Å². The van der Waals surface area contributed by atoms with Gasteiger partial charge in [0.1, 0.15) is 17.3 Å². The number of likely N-dealkylation sites (tertiary alicyclic amines) is 1. The van der Waals surface area contributed by atoms with Crippen molar-refractivity contribution in [3.63, 3.8) is 0 Å². The van der Waals surface area contributed by atoms with Crippen LogP contribution in [0.2, 0.25) is 0 Å². The molecule has 0 saturated carbocycles. The van der Waals surface area contributed by atoms with Gasteiger partial charge in [-0.25, -0.2) is 4.98 Å². The van der Waals surface area contributed by atoms with E-state index in [-0.39, 0.29) is 0 Å². The fourth-order valence-corrected chi connectivity index (χ4v) is 3.57. The zero-order valence-corrected chi connectivity index (χ0v) is 14.2. The number of nitrogen functional groups attached to an aromatic ring is 1. The Bertz CT molecular complexity index is 866. The SMILES string of the molecule is Cc1cc2nc(C3CCCN(Cc4ccc(C)o4)C3)cc(N)n2n1. The molecule has 6 heteroatoms. The van der Waals surface area contributed by atoms with E-state index in [0.717, 1.165) is 61.0 Å². The minimum absolute atomic E-state index is 0.400. The van der Waals surface area contributed by atoms with Crippen LogP contribution in [-0.2, 0) is 6.54 Å². The zero-order valence-electron chi connectivity index (χ0n) is 14.2. The summed E-state index contributed by atoms with van der Waals surface area (Å²) in [5, 5.41) is 4.38. The highest BCUT2D eigenvalue weighted by molar-refractivity contribution is 5.48. The normalized spacial score (nSPS) is 19.2. The molecular formula is C18H23N5O. The van der Waals surface area contributed by atoms with E-state index in [4.69, 9.17) is 15.1 Å². The number of hydrogen-bond donors (Lipinski definition) is 1. The van der Waals surface area contributed by atoms with Crippen molar-refractivity contribution < 1.29 is 4.42 Å². The monoisotopic (exact) mass is 325 g/mol. The minimum atomic E-state index is 0.400. The van der Waals surface area contributed by atoms with Crippen molar-refractivity contribution in [2.75, 3.05) is 18.8 Å². The summed E-state index contributed by atoms with van der Waals surface area (Å²) in [4.78, 5) is 7.24. The quantitative estimate of drug-likeness (QED) is 0.801. The lowest BCUT2D eigenvalue weighted by Gasteiger charge is -2.31. The molecule has 126 valence electrons. The molecule has 0 spiro atoms. The van der Waals surface area contributed by atoms with Crippen molar-refractivity contribution in [1.29, 1.82) is 0 Å². The average Bonchev–Trinajstić information content (AvgIpc) is 3.13. The lowest BCUT2D eigenvalue weighted by molar-refractivity contribution is 0.184. The van der Waals surface area contributed by atoms with Crippen LogP contribution in [0.3, 0.4) is 0 Å². The van der Waals surface area contributed by atoms with Gasteiger partial charge in [0.15, 0.2) is 5.65 Å². The Kier molecular flexibility index (Phi) is 3.76. The van der Waals surface area contributed by atoms with Crippen molar-refractivity contribution in [1.82, 2.24) is 19.5 Å². The van der Waals surface area contributed by atoms with Gasteiger partial charge in [-0.15, -0.1) is 0 Å². The molecule has 1 atom stereocenters. The van der Waals surface area contributed by atoms with Gasteiger partial charge in [0, 0.05) is 24.6 Å². The number of rotatable bonds is 3. The molecule has 1 aliphatic rings. The molecule has 24 heavy (non-hydrogen) atoms. The van der Waals surface area contributed by atoms with Crippen LogP contribution in [0.5, 0.6) is 0 Å². The van der Waals surface area contributed by atoms with Crippen LogP contribution >= 0.6 is 0 Å². The number of aromatic nitrogens is 3.